The Morgan fingerprint density at radius 1 is 0.696 bits per heavy atom. The highest BCUT2D eigenvalue weighted by Gasteiger charge is 2.62. The maximum Gasteiger partial charge on any atom is 0.345 e. The fourth-order valence-corrected chi connectivity index (χ4v) is 10.6. The van der Waals surface area contributed by atoms with Gasteiger partial charge in [0, 0.05) is 21.6 Å². The number of methoxy groups -OCH3 is 5. The number of carbonyl (C=O) groups excluding carboxylic acids is 5. The van der Waals surface area contributed by atoms with Gasteiger partial charge in [-0.3, -0.25) is 9.69 Å². The molecule has 14 heteroatoms. The molecular weight excluding hydrogens is 655 g/mol. The molecule has 3 heterocycles. The van der Waals surface area contributed by atoms with Gasteiger partial charge < -0.3 is 23.7 Å². The summed E-state index contributed by atoms with van der Waals surface area (Å²) in [6.07, 6.45) is 0. The number of benzene rings is 2. The Kier molecular flexibility index (Phi) is 9.08. The van der Waals surface area contributed by atoms with E-state index in [9.17, 15) is 24.0 Å². The van der Waals surface area contributed by atoms with Gasteiger partial charge in [0.05, 0.1) is 52.3 Å². The van der Waals surface area contributed by atoms with Crippen molar-refractivity contribution in [3.63, 3.8) is 0 Å². The van der Waals surface area contributed by atoms with Gasteiger partial charge >= 0.3 is 23.9 Å². The molecule has 2 aromatic carbocycles. The molecule has 1 amide bonds. The maximum atomic E-state index is 14.3. The summed E-state index contributed by atoms with van der Waals surface area (Å²) >= 11 is 2.68. The molecule has 2 aromatic rings. The van der Waals surface area contributed by atoms with E-state index in [0.29, 0.717) is 33.0 Å². The van der Waals surface area contributed by atoms with Crippen molar-refractivity contribution in [2.45, 2.75) is 23.5 Å². The summed E-state index contributed by atoms with van der Waals surface area (Å²) in [7, 11) is 6.15. The predicted molar refractivity (Wildman–Crippen MR) is 175 cm³/mol. The van der Waals surface area contributed by atoms with E-state index in [4.69, 9.17) is 23.7 Å². The average molecular weight is 684 g/mol. The van der Waals surface area contributed by atoms with Crippen LogP contribution in [-0.2, 0) is 38.1 Å². The average Bonchev–Trinajstić information content (AvgIpc) is 3.46. The largest absolute Gasteiger partial charge is 0.497 e. The molecule has 0 saturated carbocycles. The van der Waals surface area contributed by atoms with Gasteiger partial charge in [-0.2, -0.15) is 0 Å². The third kappa shape index (κ3) is 5.08. The van der Waals surface area contributed by atoms with E-state index in [1.54, 1.807) is 53.4 Å². The Morgan fingerprint density at radius 2 is 1.24 bits per heavy atom. The zero-order valence-corrected chi connectivity index (χ0v) is 28.3. The van der Waals surface area contributed by atoms with Crippen molar-refractivity contribution in [2.75, 3.05) is 40.4 Å². The lowest BCUT2D eigenvalue weighted by Crippen LogP contribution is -2.53. The number of hydrogen-bond acceptors (Lipinski definition) is 13. The molecule has 0 bridgehead atoms. The minimum atomic E-state index is -1.69. The van der Waals surface area contributed by atoms with Crippen molar-refractivity contribution >= 4 is 76.3 Å². The van der Waals surface area contributed by atoms with Crippen LogP contribution in [0.2, 0.25) is 0 Å². The summed E-state index contributed by atoms with van der Waals surface area (Å²) in [6.45, 7) is 3.63. The number of esters is 4. The van der Waals surface area contributed by atoms with E-state index in [1.165, 1.54) is 14.2 Å². The Morgan fingerprint density at radius 3 is 1.76 bits per heavy atom. The normalized spacial score (nSPS) is 17.7. The highest BCUT2D eigenvalue weighted by atomic mass is 32.2. The molecule has 0 saturated heterocycles. The van der Waals surface area contributed by atoms with Gasteiger partial charge in [0.15, 0.2) is 0 Å². The molecule has 3 aliphatic heterocycles. The van der Waals surface area contributed by atoms with E-state index in [2.05, 4.69) is 0 Å². The smallest absolute Gasteiger partial charge is 0.345 e. The van der Waals surface area contributed by atoms with E-state index in [0.717, 1.165) is 56.6 Å². The van der Waals surface area contributed by atoms with Crippen molar-refractivity contribution in [3.05, 3.63) is 84.9 Å². The standard InChI is InChI=1S/C32H29NO10S3/c1-31(2)25-20(18-15-17(39-3)13-14-19(18)33(31)26(34)16-11-9-8-10-12-16)32(21(27(35)40-4)22(44-25)28(36)41-5)45-23(29(37)42-6)24(46-32)30(38)43-7/h8-15H,1-7H3. The minimum absolute atomic E-state index is 0.130. The molecule has 0 atom stereocenters. The lowest BCUT2D eigenvalue weighted by atomic mass is 9.83. The second kappa shape index (κ2) is 12.6. The molecule has 0 aliphatic carbocycles. The molecule has 240 valence electrons. The molecular formula is C32H29NO10S3. The molecule has 46 heavy (non-hydrogen) atoms. The minimum Gasteiger partial charge on any atom is -0.497 e. The first-order valence-corrected chi connectivity index (χ1v) is 16.1. The van der Waals surface area contributed by atoms with Crippen LogP contribution in [0.5, 0.6) is 5.75 Å². The number of ether oxygens (including phenoxy) is 5. The summed E-state index contributed by atoms with van der Waals surface area (Å²) in [5, 5.41) is 0. The first-order chi connectivity index (χ1) is 21.9. The van der Waals surface area contributed by atoms with Gasteiger partial charge in [-0.1, -0.05) is 53.5 Å². The van der Waals surface area contributed by atoms with Crippen molar-refractivity contribution in [1.29, 1.82) is 0 Å². The van der Waals surface area contributed by atoms with Gasteiger partial charge in [0.25, 0.3) is 5.91 Å². The van der Waals surface area contributed by atoms with E-state index in [-0.39, 0.29) is 26.2 Å². The summed E-state index contributed by atoms with van der Waals surface area (Å²) in [4.78, 5) is 69.7. The van der Waals surface area contributed by atoms with Crippen LogP contribution < -0.4 is 9.64 Å². The topological polar surface area (TPSA) is 135 Å². The second-order valence-electron chi connectivity index (χ2n) is 10.4. The summed E-state index contributed by atoms with van der Waals surface area (Å²) in [6, 6.07) is 13.9. The first-order valence-electron chi connectivity index (χ1n) is 13.6. The van der Waals surface area contributed by atoms with Crippen LogP contribution in [0.25, 0.3) is 5.57 Å². The van der Waals surface area contributed by atoms with Crippen molar-refractivity contribution in [1.82, 2.24) is 0 Å². The Bertz CT molecular complexity index is 1750. The van der Waals surface area contributed by atoms with E-state index >= 15 is 0 Å². The molecule has 11 nitrogen and oxygen atoms in total. The van der Waals surface area contributed by atoms with Gasteiger partial charge in [0.1, 0.15) is 24.5 Å². The molecule has 0 fully saturated rings. The Labute approximate surface area is 277 Å². The van der Waals surface area contributed by atoms with Crippen LogP contribution in [0.4, 0.5) is 5.69 Å². The quantitative estimate of drug-likeness (QED) is 0.301. The number of amides is 1. The van der Waals surface area contributed by atoms with E-state index < -0.39 is 33.5 Å². The SMILES string of the molecule is COC(=O)C1=C(C(=O)OC)SC2(S1)C(C(=O)OC)=C(C(=O)OC)SC1=C2c2cc(OC)ccc2N(C(=O)c2ccccc2)C1(C)C. The first kappa shape index (κ1) is 33.2. The summed E-state index contributed by atoms with van der Waals surface area (Å²) < 4.78 is 24.3. The third-order valence-corrected chi connectivity index (χ3v) is 12.2. The lowest BCUT2D eigenvalue weighted by molar-refractivity contribution is -0.138. The van der Waals surface area contributed by atoms with Crippen LogP contribution in [0.15, 0.2) is 73.7 Å². The van der Waals surface area contributed by atoms with Gasteiger partial charge in [-0.05, 0) is 44.2 Å². The Hall–Kier alpha value is -4.14. The lowest BCUT2D eigenvalue weighted by Gasteiger charge is -2.50. The zero-order chi connectivity index (χ0) is 33.6. The number of thioether (sulfide) groups is 3. The highest BCUT2D eigenvalue weighted by Crippen LogP contribution is 2.71. The van der Waals surface area contributed by atoms with Crippen LogP contribution in [-0.4, -0.2) is 75.0 Å². The van der Waals surface area contributed by atoms with Crippen LogP contribution in [0.1, 0.15) is 29.8 Å². The molecule has 0 radical (unpaired) electrons. The monoisotopic (exact) mass is 683 g/mol. The fourth-order valence-electron chi connectivity index (χ4n) is 5.50. The number of carbonyl (C=O) groups is 5. The van der Waals surface area contributed by atoms with Gasteiger partial charge in [-0.15, -0.1) is 0 Å². The van der Waals surface area contributed by atoms with Crippen LogP contribution in [0.3, 0.4) is 0 Å². The van der Waals surface area contributed by atoms with E-state index in [1.807, 2.05) is 13.8 Å². The number of fused-ring (bicyclic) bond motifs is 3. The molecule has 0 aromatic heterocycles. The van der Waals surface area contributed by atoms with Crippen LogP contribution >= 0.6 is 35.3 Å². The number of anilines is 1. The molecule has 5 rings (SSSR count). The zero-order valence-electron chi connectivity index (χ0n) is 25.9. The predicted octanol–water partition coefficient (Wildman–Crippen LogP) is 4.93. The Balaban J connectivity index is 1.91. The molecule has 0 unspecified atom stereocenters. The number of hydrogen-bond donors (Lipinski definition) is 0. The number of nitrogens with zero attached hydrogens (tertiary/aromatic N) is 1. The second-order valence-corrected chi connectivity index (χ2v) is 14.1. The van der Waals surface area contributed by atoms with Crippen molar-refractivity contribution < 1.29 is 47.7 Å². The summed E-state index contributed by atoms with van der Waals surface area (Å²) in [5.41, 5.74) is 0.485. The fraction of sp³-hybridized carbons (Fsp3) is 0.281. The summed E-state index contributed by atoms with van der Waals surface area (Å²) in [5.74, 6) is -3.32. The third-order valence-electron chi connectivity index (χ3n) is 7.57. The highest BCUT2D eigenvalue weighted by molar-refractivity contribution is 8.26. The van der Waals surface area contributed by atoms with Crippen molar-refractivity contribution in [2.24, 2.45) is 0 Å². The molecule has 1 spiro atoms. The number of rotatable bonds is 6. The van der Waals surface area contributed by atoms with Crippen molar-refractivity contribution in [3.8, 4) is 5.75 Å². The molecule has 3 aliphatic rings. The van der Waals surface area contributed by atoms with Gasteiger partial charge in [-0.25, -0.2) is 19.2 Å². The molecule has 0 N–H and O–H groups in total. The van der Waals surface area contributed by atoms with Crippen LogP contribution in [0, 0.1) is 0 Å². The van der Waals surface area contributed by atoms with Gasteiger partial charge in [0.2, 0.25) is 0 Å². The maximum absolute atomic E-state index is 14.3.